The van der Waals surface area contributed by atoms with Gasteiger partial charge in [0.15, 0.2) is 0 Å². The van der Waals surface area contributed by atoms with Crippen molar-refractivity contribution in [3.8, 4) is 0 Å². The third-order valence-corrected chi connectivity index (χ3v) is 4.81. The summed E-state index contributed by atoms with van der Waals surface area (Å²) in [6.07, 6.45) is 3.88. The fourth-order valence-corrected chi connectivity index (χ4v) is 3.14. The average molecular weight is 350 g/mol. The number of anilines is 2. The zero-order valence-electron chi connectivity index (χ0n) is 13.4. The molecule has 0 amide bonds. The van der Waals surface area contributed by atoms with Gasteiger partial charge in [-0.15, -0.1) is 0 Å². The van der Waals surface area contributed by atoms with Gasteiger partial charge in [0.05, 0.1) is 11.9 Å². The minimum atomic E-state index is -0.337. The molecule has 0 unspecified atom stereocenters. The van der Waals surface area contributed by atoms with E-state index in [4.69, 9.17) is 11.6 Å². The number of pyridine rings is 1. The highest BCUT2D eigenvalue weighted by atomic mass is 35.5. The van der Waals surface area contributed by atoms with Gasteiger partial charge in [0.1, 0.15) is 11.6 Å². The normalized spacial score (nSPS) is 15.5. The van der Waals surface area contributed by atoms with Gasteiger partial charge in [-0.2, -0.15) is 0 Å². The second kappa shape index (κ2) is 7.81. The van der Waals surface area contributed by atoms with Crippen LogP contribution in [0.4, 0.5) is 15.9 Å². The van der Waals surface area contributed by atoms with Crippen molar-refractivity contribution in [3.63, 3.8) is 0 Å². The van der Waals surface area contributed by atoms with Crippen LogP contribution in [-0.4, -0.2) is 29.8 Å². The van der Waals surface area contributed by atoms with Gasteiger partial charge < -0.3 is 15.3 Å². The minimum Gasteiger partial charge on any atom is -0.396 e. The molecule has 1 fully saturated rings. The molecule has 2 heterocycles. The maximum absolute atomic E-state index is 13.0. The molecule has 0 bridgehead atoms. The van der Waals surface area contributed by atoms with E-state index in [1.165, 1.54) is 12.1 Å². The van der Waals surface area contributed by atoms with Crippen molar-refractivity contribution in [1.82, 2.24) is 4.98 Å². The number of halogens is 2. The van der Waals surface area contributed by atoms with Gasteiger partial charge in [0.25, 0.3) is 0 Å². The monoisotopic (exact) mass is 349 g/mol. The molecule has 3 rings (SSSR count). The molecular weight excluding hydrogens is 329 g/mol. The van der Waals surface area contributed by atoms with E-state index in [-0.39, 0.29) is 12.4 Å². The first-order chi connectivity index (χ1) is 11.7. The maximum Gasteiger partial charge on any atom is 0.126 e. The Labute approximate surface area is 146 Å². The van der Waals surface area contributed by atoms with Crippen LogP contribution in [0.25, 0.3) is 0 Å². The van der Waals surface area contributed by atoms with Gasteiger partial charge in [-0.1, -0.05) is 17.7 Å². The second-order valence-corrected chi connectivity index (χ2v) is 6.51. The molecule has 1 aromatic heterocycles. The Morgan fingerprint density at radius 2 is 2.04 bits per heavy atom. The molecule has 0 aliphatic carbocycles. The van der Waals surface area contributed by atoms with Crippen LogP contribution >= 0.6 is 11.6 Å². The average Bonchev–Trinajstić information content (AvgIpc) is 2.62. The number of aromatic nitrogens is 1. The van der Waals surface area contributed by atoms with Crippen molar-refractivity contribution >= 4 is 23.1 Å². The molecule has 2 N–H and O–H groups in total. The van der Waals surface area contributed by atoms with Crippen molar-refractivity contribution in [2.45, 2.75) is 19.4 Å². The van der Waals surface area contributed by atoms with Crippen molar-refractivity contribution in [1.29, 1.82) is 0 Å². The summed E-state index contributed by atoms with van der Waals surface area (Å²) >= 11 is 6.02. The molecule has 128 valence electrons. The zero-order chi connectivity index (χ0) is 16.9. The number of nitrogens with one attached hydrogen (secondary N) is 1. The predicted octanol–water partition coefficient (Wildman–Crippen LogP) is 3.69. The standard InChI is InChI=1S/C18H21ClFN3O/c19-17-9-15(20)2-1-14(17)10-21-18-4-3-16(11-22-18)23-7-5-13(12-24)6-8-23/h1-4,9,11,13,24H,5-8,10,12H2,(H,21,22). The smallest absolute Gasteiger partial charge is 0.126 e. The van der Waals surface area contributed by atoms with Crippen LogP contribution in [0.5, 0.6) is 0 Å². The summed E-state index contributed by atoms with van der Waals surface area (Å²) in [5.74, 6) is 0.844. The summed E-state index contributed by atoms with van der Waals surface area (Å²) in [7, 11) is 0. The quantitative estimate of drug-likeness (QED) is 0.864. The van der Waals surface area contributed by atoms with Crippen LogP contribution in [0.2, 0.25) is 5.02 Å². The molecule has 0 saturated carbocycles. The molecule has 24 heavy (non-hydrogen) atoms. The molecule has 2 aromatic rings. The molecule has 0 radical (unpaired) electrons. The van der Waals surface area contributed by atoms with Gasteiger partial charge >= 0.3 is 0 Å². The Morgan fingerprint density at radius 1 is 1.25 bits per heavy atom. The van der Waals surface area contributed by atoms with Crippen molar-refractivity contribution in [2.24, 2.45) is 5.92 Å². The van der Waals surface area contributed by atoms with Crippen molar-refractivity contribution in [2.75, 3.05) is 29.9 Å². The maximum atomic E-state index is 13.0. The molecule has 1 aromatic carbocycles. The van der Waals surface area contributed by atoms with E-state index in [1.54, 1.807) is 6.07 Å². The lowest BCUT2D eigenvalue weighted by Crippen LogP contribution is -2.34. The molecule has 6 heteroatoms. The number of rotatable bonds is 5. The van der Waals surface area contributed by atoms with E-state index in [9.17, 15) is 9.50 Å². The van der Waals surface area contributed by atoms with Crippen LogP contribution in [0.1, 0.15) is 18.4 Å². The molecule has 1 aliphatic rings. The molecule has 1 aliphatic heterocycles. The fraction of sp³-hybridized carbons (Fsp3) is 0.389. The molecule has 1 saturated heterocycles. The van der Waals surface area contributed by atoms with E-state index in [0.717, 1.165) is 43.0 Å². The Morgan fingerprint density at radius 3 is 2.67 bits per heavy atom. The van der Waals surface area contributed by atoms with Gasteiger partial charge in [0.2, 0.25) is 0 Å². The summed E-state index contributed by atoms with van der Waals surface area (Å²) in [6.45, 7) is 2.67. The Bertz CT molecular complexity index is 672. The topological polar surface area (TPSA) is 48.4 Å². The van der Waals surface area contributed by atoms with Crippen molar-refractivity contribution < 1.29 is 9.50 Å². The summed E-state index contributed by atoms with van der Waals surface area (Å²) in [5, 5.41) is 12.8. The number of benzene rings is 1. The van der Waals surface area contributed by atoms with E-state index < -0.39 is 0 Å². The lowest BCUT2D eigenvalue weighted by atomic mass is 9.98. The molecule has 0 atom stereocenters. The number of hydrogen-bond donors (Lipinski definition) is 2. The summed E-state index contributed by atoms with van der Waals surface area (Å²) < 4.78 is 13.0. The molecule has 0 spiro atoms. The van der Waals surface area contributed by atoms with Gasteiger partial charge in [-0.05, 0) is 48.6 Å². The lowest BCUT2D eigenvalue weighted by molar-refractivity contribution is 0.203. The van der Waals surface area contributed by atoms with E-state index in [2.05, 4.69) is 15.2 Å². The first-order valence-corrected chi connectivity index (χ1v) is 8.53. The van der Waals surface area contributed by atoms with Gasteiger partial charge in [0, 0.05) is 31.3 Å². The highest BCUT2D eigenvalue weighted by Crippen LogP contribution is 2.23. The lowest BCUT2D eigenvalue weighted by Gasteiger charge is -2.32. The number of aliphatic hydroxyl groups is 1. The van der Waals surface area contributed by atoms with Crippen LogP contribution in [0, 0.1) is 11.7 Å². The number of piperidine rings is 1. The second-order valence-electron chi connectivity index (χ2n) is 6.10. The van der Waals surface area contributed by atoms with E-state index in [0.29, 0.717) is 17.5 Å². The van der Waals surface area contributed by atoms with Crippen molar-refractivity contribution in [3.05, 3.63) is 52.9 Å². The van der Waals surface area contributed by atoms with Gasteiger partial charge in [-0.25, -0.2) is 9.37 Å². The first-order valence-electron chi connectivity index (χ1n) is 8.15. The fourth-order valence-electron chi connectivity index (χ4n) is 2.90. The van der Waals surface area contributed by atoms with Crippen LogP contribution < -0.4 is 10.2 Å². The highest BCUT2D eigenvalue weighted by Gasteiger charge is 2.18. The number of hydrogen-bond acceptors (Lipinski definition) is 4. The summed E-state index contributed by atoms with van der Waals surface area (Å²) in [6, 6.07) is 8.36. The minimum absolute atomic E-state index is 0.279. The van der Waals surface area contributed by atoms with E-state index in [1.807, 2.05) is 18.3 Å². The third kappa shape index (κ3) is 4.16. The molecular formula is C18H21ClFN3O. The third-order valence-electron chi connectivity index (χ3n) is 4.46. The Balaban J connectivity index is 1.57. The number of aliphatic hydroxyl groups excluding tert-OH is 1. The SMILES string of the molecule is OCC1CCN(c2ccc(NCc3ccc(F)cc3Cl)nc2)CC1. The van der Waals surface area contributed by atoms with Crippen LogP contribution in [-0.2, 0) is 6.54 Å². The summed E-state index contributed by atoms with van der Waals surface area (Å²) in [5.41, 5.74) is 1.92. The largest absolute Gasteiger partial charge is 0.396 e. The van der Waals surface area contributed by atoms with Crippen LogP contribution in [0.3, 0.4) is 0 Å². The first kappa shape index (κ1) is 17.0. The van der Waals surface area contributed by atoms with Gasteiger partial charge in [-0.3, -0.25) is 0 Å². The predicted molar refractivity (Wildman–Crippen MR) is 95.0 cm³/mol. The highest BCUT2D eigenvalue weighted by molar-refractivity contribution is 6.31. The van der Waals surface area contributed by atoms with Crippen LogP contribution in [0.15, 0.2) is 36.5 Å². The number of nitrogens with zero attached hydrogens (tertiary/aromatic N) is 2. The Kier molecular flexibility index (Phi) is 5.53. The molecule has 4 nitrogen and oxygen atoms in total. The summed E-state index contributed by atoms with van der Waals surface area (Å²) in [4.78, 5) is 6.73. The zero-order valence-corrected chi connectivity index (χ0v) is 14.1. The Hall–Kier alpha value is -1.85. The van der Waals surface area contributed by atoms with E-state index >= 15 is 0 Å².